The molecular formula is C27H40N6O5. The third kappa shape index (κ3) is 8.27. The Balaban J connectivity index is 1.40. The molecule has 2 aliphatic heterocycles. The van der Waals surface area contributed by atoms with Crippen LogP contribution in [0.2, 0.25) is 0 Å². The summed E-state index contributed by atoms with van der Waals surface area (Å²) in [6, 6.07) is 7.71. The van der Waals surface area contributed by atoms with Crippen molar-refractivity contribution in [3.05, 3.63) is 35.9 Å². The Morgan fingerprint density at radius 2 is 1.63 bits per heavy atom. The predicted molar refractivity (Wildman–Crippen MR) is 141 cm³/mol. The van der Waals surface area contributed by atoms with E-state index in [-0.39, 0.29) is 30.3 Å². The molecule has 208 valence electrons. The summed E-state index contributed by atoms with van der Waals surface area (Å²) in [5.41, 5.74) is 6.94. The van der Waals surface area contributed by atoms with Crippen molar-refractivity contribution in [1.29, 1.82) is 0 Å². The average Bonchev–Trinajstić information content (AvgIpc) is 2.88. The number of hydrogen-bond donors (Lipinski definition) is 4. The van der Waals surface area contributed by atoms with E-state index >= 15 is 0 Å². The van der Waals surface area contributed by atoms with Crippen molar-refractivity contribution in [2.75, 3.05) is 39.3 Å². The highest BCUT2D eigenvalue weighted by atomic mass is 16.2. The van der Waals surface area contributed by atoms with Gasteiger partial charge in [-0.25, -0.2) is 0 Å². The van der Waals surface area contributed by atoms with Gasteiger partial charge in [0.2, 0.25) is 30.0 Å². The van der Waals surface area contributed by atoms with Crippen LogP contribution >= 0.6 is 0 Å². The van der Waals surface area contributed by atoms with Crippen LogP contribution in [0.1, 0.15) is 38.7 Å². The zero-order valence-corrected chi connectivity index (χ0v) is 22.3. The molecule has 11 heteroatoms. The van der Waals surface area contributed by atoms with Gasteiger partial charge in [0.15, 0.2) is 0 Å². The molecule has 0 aliphatic carbocycles. The van der Waals surface area contributed by atoms with Gasteiger partial charge in [-0.15, -0.1) is 0 Å². The zero-order valence-electron chi connectivity index (χ0n) is 22.3. The van der Waals surface area contributed by atoms with E-state index in [2.05, 4.69) is 16.0 Å². The standard InChI is InChI=1S/C27H40N6O5/c1-19(2)12-22(31-23(35)14-29-25(37)21(28)13-20-6-4-3-5-7-20)26(38)30-15-24(36)33-16-27(17-33)8-10-32(18-34)11-9-27/h3-7,18-19,21-22H,8-17,28H2,1-2H3,(H,29,37)(H,30,38)(H,31,35). The van der Waals surface area contributed by atoms with Crippen LogP contribution in [0.4, 0.5) is 0 Å². The van der Waals surface area contributed by atoms with Crippen LogP contribution in [-0.2, 0) is 30.4 Å². The summed E-state index contributed by atoms with van der Waals surface area (Å²) in [6.07, 6.45) is 3.34. The number of carbonyl (C=O) groups excluding carboxylic acids is 5. The second kappa shape index (κ2) is 13.4. The first-order valence-corrected chi connectivity index (χ1v) is 13.2. The van der Waals surface area contributed by atoms with E-state index in [9.17, 15) is 24.0 Å². The molecular weight excluding hydrogens is 488 g/mol. The molecule has 2 atom stereocenters. The lowest BCUT2D eigenvalue weighted by atomic mass is 9.72. The Labute approximate surface area is 223 Å². The minimum absolute atomic E-state index is 0.0708. The quantitative estimate of drug-likeness (QED) is 0.266. The number of benzene rings is 1. The van der Waals surface area contributed by atoms with Crippen molar-refractivity contribution in [2.24, 2.45) is 17.1 Å². The van der Waals surface area contributed by atoms with Crippen molar-refractivity contribution in [3.63, 3.8) is 0 Å². The van der Waals surface area contributed by atoms with E-state index in [1.165, 1.54) is 0 Å². The molecule has 2 unspecified atom stereocenters. The third-order valence-electron chi connectivity index (χ3n) is 7.24. The average molecular weight is 529 g/mol. The van der Waals surface area contributed by atoms with E-state index in [0.29, 0.717) is 39.0 Å². The number of hydrogen-bond acceptors (Lipinski definition) is 6. The summed E-state index contributed by atoms with van der Waals surface area (Å²) >= 11 is 0. The number of carbonyl (C=O) groups is 5. The highest BCUT2D eigenvalue weighted by Gasteiger charge is 2.46. The van der Waals surface area contributed by atoms with Crippen molar-refractivity contribution in [3.8, 4) is 0 Å². The normalized spacial score (nSPS) is 17.8. The van der Waals surface area contributed by atoms with Crippen LogP contribution in [0.25, 0.3) is 0 Å². The van der Waals surface area contributed by atoms with Crippen LogP contribution < -0.4 is 21.7 Å². The lowest BCUT2D eigenvalue weighted by molar-refractivity contribution is -0.148. The predicted octanol–water partition coefficient (Wildman–Crippen LogP) is -0.599. The second-order valence-corrected chi connectivity index (χ2v) is 10.9. The van der Waals surface area contributed by atoms with Crippen molar-refractivity contribution in [1.82, 2.24) is 25.8 Å². The SMILES string of the molecule is CC(C)CC(NC(=O)CNC(=O)C(N)Cc1ccccc1)C(=O)NCC(=O)N1CC2(CCN(C=O)CC2)C1. The summed E-state index contributed by atoms with van der Waals surface area (Å²) in [7, 11) is 0. The number of nitrogens with zero attached hydrogens (tertiary/aromatic N) is 2. The first kappa shape index (κ1) is 29.1. The molecule has 2 saturated heterocycles. The number of rotatable bonds is 12. The van der Waals surface area contributed by atoms with E-state index in [0.717, 1.165) is 24.8 Å². The van der Waals surface area contributed by atoms with Crippen LogP contribution in [-0.4, -0.2) is 91.2 Å². The van der Waals surface area contributed by atoms with Gasteiger partial charge in [-0.1, -0.05) is 44.2 Å². The summed E-state index contributed by atoms with van der Waals surface area (Å²) < 4.78 is 0. The summed E-state index contributed by atoms with van der Waals surface area (Å²) in [6.45, 7) is 6.08. The molecule has 5 amide bonds. The smallest absolute Gasteiger partial charge is 0.243 e. The van der Waals surface area contributed by atoms with Gasteiger partial charge in [-0.05, 0) is 37.2 Å². The Kier molecular flexibility index (Phi) is 10.2. The van der Waals surface area contributed by atoms with Crippen LogP contribution in [0.5, 0.6) is 0 Å². The molecule has 0 bridgehead atoms. The molecule has 1 aromatic carbocycles. The molecule has 0 radical (unpaired) electrons. The minimum Gasteiger partial charge on any atom is -0.346 e. The lowest BCUT2D eigenvalue weighted by Crippen LogP contribution is -2.63. The Bertz CT molecular complexity index is 985. The Morgan fingerprint density at radius 3 is 2.24 bits per heavy atom. The molecule has 2 aliphatic rings. The fourth-order valence-corrected chi connectivity index (χ4v) is 4.97. The maximum Gasteiger partial charge on any atom is 0.243 e. The first-order chi connectivity index (χ1) is 18.1. The van der Waals surface area contributed by atoms with Gasteiger partial charge >= 0.3 is 0 Å². The van der Waals surface area contributed by atoms with Gasteiger partial charge in [0.1, 0.15) is 6.04 Å². The van der Waals surface area contributed by atoms with Crippen LogP contribution in [0.3, 0.4) is 0 Å². The number of amides is 5. The molecule has 11 nitrogen and oxygen atoms in total. The van der Waals surface area contributed by atoms with Crippen molar-refractivity contribution < 1.29 is 24.0 Å². The maximum atomic E-state index is 12.8. The molecule has 2 fully saturated rings. The molecule has 1 spiro atoms. The molecule has 5 N–H and O–H groups in total. The molecule has 3 rings (SSSR count). The van der Waals surface area contributed by atoms with Gasteiger partial charge in [-0.2, -0.15) is 0 Å². The molecule has 2 heterocycles. The fraction of sp³-hybridized carbons (Fsp3) is 0.593. The largest absolute Gasteiger partial charge is 0.346 e. The second-order valence-electron chi connectivity index (χ2n) is 10.9. The first-order valence-electron chi connectivity index (χ1n) is 13.2. The lowest BCUT2D eigenvalue weighted by Gasteiger charge is -2.53. The van der Waals surface area contributed by atoms with E-state index in [4.69, 9.17) is 5.73 Å². The highest BCUT2D eigenvalue weighted by molar-refractivity contribution is 5.92. The van der Waals surface area contributed by atoms with Crippen LogP contribution in [0, 0.1) is 11.3 Å². The summed E-state index contributed by atoms with van der Waals surface area (Å²) in [5.74, 6) is -1.46. The van der Waals surface area contributed by atoms with E-state index < -0.39 is 29.8 Å². The topological polar surface area (TPSA) is 154 Å². The van der Waals surface area contributed by atoms with E-state index in [1.54, 1.807) is 9.80 Å². The van der Waals surface area contributed by atoms with Gasteiger partial charge in [0.05, 0.1) is 19.1 Å². The zero-order chi connectivity index (χ0) is 27.7. The van der Waals surface area contributed by atoms with E-state index in [1.807, 2.05) is 44.2 Å². The molecule has 0 saturated carbocycles. The molecule has 38 heavy (non-hydrogen) atoms. The summed E-state index contributed by atoms with van der Waals surface area (Å²) in [4.78, 5) is 64.6. The number of nitrogens with one attached hydrogen (secondary N) is 3. The minimum atomic E-state index is -0.833. The summed E-state index contributed by atoms with van der Waals surface area (Å²) in [5, 5.41) is 7.84. The van der Waals surface area contributed by atoms with Gasteiger partial charge in [-0.3, -0.25) is 24.0 Å². The number of nitrogens with two attached hydrogens (primary N) is 1. The van der Waals surface area contributed by atoms with Gasteiger partial charge in [0, 0.05) is 31.6 Å². The molecule has 1 aromatic rings. The maximum absolute atomic E-state index is 12.8. The highest BCUT2D eigenvalue weighted by Crippen LogP contribution is 2.40. The van der Waals surface area contributed by atoms with Gasteiger partial charge < -0.3 is 31.5 Å². The third-order valence-corrected chi connectivity index (χ3v) is 7.24. The molecule has 0 aromatic heterocycles. The number of likely N-dealkylation sites (tertiary alicyclic amines) is 2. The monoisotopic (exact) mass is 528 g/mol. The number of piperidine rings is 1. The fourth-order valence-electron chi connectivity index (χ4n) is 4.97. The van der Waals surface area contributed by atoms with Crippen molar-refractivity contribution >= 4 is 30.0 Å². The van der Waals surface area contributed by atoms with Gasteiger partial charge in [0.25, 0.3) is 0 Å². The Morgan fingerprint density at radius 1 is 1.00 bits per heavy atom. The van der Waals surface area contributed by atoms with Crippen LogP contribution in [0.15, 0.2) is 30.3 Å². The van der Waals surface area contributed by atoms with Crippen molar-refractivity contribution in [2.45, 2.75) is 51.6 Å². The Hall–Kier alpha value is -3.47.